The summed E-state index contributed by atoms with van der Waals surface area (Å²) in [5, 5.41) is 3.35. The highest BCUT2D eigenvalue weighted by atomic mass is 35.5. The molecule has 0 aliphatic carbocycles. The van der Waals surface area contributed by atoms with Gasteiger partial charge in [0.05, 0.1) is 12.8 Å². The number of halogens is 1. The Hall–Kier alpha value is -2.14. The van der Waals surface area contributed by atoms with Crippen molar-refractivity contribution in [3.63, 3.8) is 0 Å². The molecule has 0 spiro atoms. The molecule has 92 valence electrons. The quantitative estimate of drug-likeness (QED) is 0.681. The average molecular weight is 264 g/mol. The van der Waals surface area contributed by atoms with Crippen LogP contribution in [-0.4, -0.2) is 23.0 Å². The van der Waals surface area contributed by atoms with Crippen LogP contribution in [0.5, 0.6) is 0 Å². The molecule has 0 aliphatic heterocycles. The van der Waals surface area contributed by atoms with E-state index in [-0.39, 0.29) is 0 Å². The van der Waals surface area contributed by atoms with Crippen molar-refractivity contribution in [2.24, 2.45) is 0 Å². The first-order valence-corrected chi connectivity index (χ1v) is 5.49. The molecule has 1 N–H and O–H groups in total. The first-order valence-electron chi connectivity index (χ1n) is 5.11. The zero-order valence-electron chi connectivity index (χ0n) is 9.55. The number of nitrogens with zero attached hydrogens (tertiary/aromatic N) is 2. The van der Waals surface area contributed by atoms with Gasteiger partial charge in [0, 0.05) is 24.3 Å². The van der Waals surface area contributed by atoms with Crippen molar-refractivity contribution in [2.75, 3.05) is 12.4 Å². The first kappa shape index (κ1) is 12.3. The van der Waals surface area contributed by atoms with Crippen LogP contribution in [-0.2, 0) is 4.74 Å². The normalized spacial score (nSPS) is 9.89. The van der Waals surface area contributed by atoms with Gasteiger partial charge in [-0.3, -0.25) is 4.98 Å². The Balaban J connectivity index is 2.36. The summed E-state index contributed by atoms with van der Waals surface area (Å²) in [5.41, 5.74) is 1.64. The first-order chi connectivity index (χ1) is 8.70. The number of hydrogen-bond donors (Lipinski definition) is 1. The molecule has 2 rings (SSSR count). The maximum Gasteiger partial charge on any atom is 0.341 e. The number of esters is 1. The van der Waals surface area contributed by atoms with Gasteiger partial charge >= 0.3 is 5.97 Å². The lowest BCUT2D eigenvalue weighted by Gasteiger charge is -2.10. The summed E-state index contributed by atoms with van der Waals surface area (Å²) in [7, 11) is 1.31. The van der Waals surface area contributed by atoms with Crippen molar-refractivity contribution in [3.05, 3.63) is 47.5 Å². The third kappa shape index (κ3) is 2.75. The zero-order valence-corrected chi connectivity index (χ0v) is 10.3. The number of ether oxygens (including phenoxy) is 1. The van der Waals surface area contributed by atoms with Gasteiger partial charge in [-0.1, -0.05) is 11.6 Å². The number of carbonyl (C=O) groups is 1. The smallest absolute Gasteiger partial charge is 0.341 e. The number of hydrogen-bond acceptors (Lipinski definition) is 5. The van der Waals surface area contributed by atoms with Crippen LogP contribution >= 0.6 is 11.6 Å². The largest absolute Gasteiger partial charge is 0.465 e. The van der Waals surface area contributed by atoms with Crippen molar-refractivity contribution in [1.29, 1.82) is 0 Å². The molecule has 0 bridgehead atoms. The summed E-state index contributed by atoms with van der Waals surface area (Å²) in [6, 6.07) is 5.11. The summed E-state index contributed by atoms with van der Waals surface area (Å²) in [6.07, 6.45) is 4.66. The number of aromatic nitrogens is 2. The molecular formula is C12H10ClN3O2. The third-order valence-corrected chi connectivity index (χ3v) is 2.44. The lowest BCUT2D eigenvalue weighted by molar-refractivity contribution is 0.0601. The fourth-order valence-corrected chi connectivity index (χ4v) is 1.55. The molecule has 2 aromatic heterocycles. The number of rotatable bonds is 3. The van der Waals surface area contributed by atoms with E-state index in [4.69, 9.17) is 11.6 Å². The van der Waals surface area contributed by atoms with Crippen molar-refractivity contribution in [2.45, 2.75) is 0 Å². The van der Waals surface area contributed by atoms with Gasteiger partial charge in [-0.15, -0.1) is 0 Å². The summed E-state index contributed by atoms with van der Waals surface area (Å²) in [5.74, 6) is -0.476. The van der Waals surface area contributed by atoms with Crippen LogP contribution in [0, 0.1) is 0 Å². The lowest BCUT2D eigenvalue weighted by Crippen LogP contribution is -2.06. The standard InChI is InChI=1S/C12H10ClN3O2/c1-18-12(17)9-7-15-11(13)6-10(9)16-8-2-4-14-5-3-8/h2-7H,1H3,(H,14,15,16). The highest BCUT2D eigenvalue weighted by Gasteiger charge is 2.13. The van der Waals surface area contributed by atoms with E-state index >= 15 is 0 Å². The van der Waals surface area contributed by atoms with E-state index in [0.717, 1.165) is 5.69 Å². The maximum atomic E-state index is 11.6. The predicted molar refractivity (Wildman–Crippen MR) is 68.1 cm³/mol. The molecule has 0 atom stereocenters. The molecule has 18 heavy (non-hydrogen) atoms. The minimum Gasteiger partial charge on any atom is -0.465 e. The van der Waals surface area contributed by atoms with E-state index in [9.17, 15) is 4.79 Å². The molecule has 0 radical (unpaired) electrons. The second kappa shape index (κ2) is 5.46. The van der Waals surface area contributed by atoms with E-state index < -0.39 is 5.97 Å². The molecular weight excluding hydrogens is 254 g/mol. The number of anilines is 2. The fraction of sp³-hybridized carbons (Fsp3) is 0.0833. The molecule has 2 heterocycles. The van der Waals surface area contributed by atoms with Crippen LogP contribution in [0.15, 0.2) is 36.8 Å². The Kier molecular flexibility index (Phi) is 3.74. The average Bonchev–Trinajstić information content (AvgIpc) is 2.39. The van der Waals surface area contributed by atoms with Crippen molar-refractivity contribution in [1.82, 2.24) is 9.97 Å². The fourth-order valence-electron chi connectivity index (χ4n) is 1.40. The van der Waals surface area contributed by atoms with E-state index in [0.29, 0.717) is 16.4 Å². The molecule has 0 amide bonds. The molecule has 6 heteroatoms. The Morgan fingerprint density at radius 2 is 2.11 bits per heavy atom. The molecule has 0 fully saturated rings. The highest BCUT2D eigenvalue weighted by Crippen LogP contribution is 2.23. The second-order valence-electron chi connectivity index (χ2n) is 3.41. The van der Waals surface area contributed by atoms with E-state index in [1.165, 1.54) is 13.3 Å². The Bertz CT molecular complexity index is 561. The van der Waals surface area contributed by atoms with Gasteiger partial charge in [0.25, 0.3) is 0 Å². The molecule has 5 nitrogen and oxygen atoms in total. The summed E-state index contributed by atoms with van der Waals surface area (Å²) in [6.45, 7) is 0. The van der Waals surface area contributed by atoms with Crippen LogP contribution in [0.1, 0.15) is 10.4 Å². The van der Waals surface area contributed by atoms with Gasteiger partial charge in [0.1, 0.15) is 10.7 Å². The van der Waals surface area contributed by atoms with Crippen molar-refractivity contribution < 1.29 is 9.53 Å². The van der Waals surface area contributed by atoms with Gasteiger partial charge in [0.15, 0.2) is 0 Å². The van der Waals surface area contributed by atoms with Gasteiger partial charge < -0.3 is 10.1 Å². The van der Waals surface area contributed by atoms with Gasteiger partial charge in [-0.05, 0) is 18.2 Å². The lowest BCUT2D eigenvalue weighted by atomic mass is 10.2. The van der Waals surface area contributed by atoms with Crippen LogP contribution in [0.4, 0.5) is 11.4 Å². The predicted octanol–water partition coefficient (Wildman–Crippen LogP) is 2.66. The van der Waals surface area contributed by atoms with Crippen LogP contribution < -0.4 is 5.32 Å². The minimum absolute atomic E-state index is 0.291. The van der Waals surface area contributed by atoms with E-state index in [1.54, 1.807) is 30.6 Å². The van der Waals surface area contributed by atoms with Crippen molar-refractivity contribution in [3.8, 4) is 0 Å². The Labute approximate surface area is 109 Å². The van der Waals surface area contributed by atoms with Crippen LogP contribution in [0.25, 0.3) is 0 Å². The Morgan fingerprint density at radius 1 is 1.39 bits per heavy atom. The monoisotopic (exact) mass is 263 g/mol. The van der Waals surface area contributed by atoms with E-state index in [2.05, 4.69) is 20.0 Å². The molecule has 2 aromatic rings. The SMILES string of the molecule is COC(=O)c1cnc(Cl)cc1Nc1ccncc1. The summed E-state index contributed by atoms with van der Waals surface area (Å²) in [4.78, 5) is 19.3. The molecule has 0 saturated carbocycles. The van der Waals surface area contributed by atoms with Crippen molar-refractivity contribution >= 4 is 28.9 Å². The highest BCUT2D eigenvalue weighted by molar-refractivity contribution is 6.29. The molecule has 0 unspecified atom stereocenters. The minimum atomic E-state index is -0.476. The van der Waals surface area contributed by atoms with Gasteiger partial charge in [0.2, 0.25) is 0 Å². The van der Waals surface area contributed by atoms with Gasteiger partial charge in [-0.2, -0.15) is 0 Å². The molecule has 0 saturated heterocycles. The second-order valence-corrected chi connectivity index (χ2v) is 3.79. The Morgan fingerprint density at radius 3 is 2.78 bits per heavy atom. The molecule has 0 aromatic carbocycles. The maximum absolute atomic E-state index is 11.6. The van der Waals surface area contributed by atoms with Crippen LogP contribution in [0.2, 0.25) is 5.15 Å². The van der Waals surface area contributed by atoms with E-state index in [1.807, 2.05) is 0 Å². The number of methoxy groups -OCH3 is 1. The van der Waals surface area contributed by atoms with Gasteiger partial charge in [-0.25, -0.2) is 9.78 Å². The van der Waals surface area contributed by atoms with Crippen LogP contribution in [0.3, 0.4) is 0 Å². The number of pyridine rings is 2. The topological polar surface area (TPSA) is 64.1 Å². The summed E-state index contributed by atoms with van der Waals surface area (Å²) >= 11 is 5.82. The number of carbonyl (C=O) groups excluding carboxylic acids is 1. The summed E-state index contributed by atoms with van der Waals surface area (Å²) < 4.78 is 4.68. The zero-order chi connectivity index (χ0) is 13.0. The molecule has 0 aliphatic rings. The number of nitrogens with one attached hydrogen (secondary N) is 1. The third-order valence-electron chi connectivity index (χ3n) is 2.24.